The van der Waals surface area contributed by atoms with E-state index < -0.39 is 0 Å². The van der Waals surface area contributed by atoms with E-state index >= 15 is 0 Å². The van der Waals surface area contributed by atoms with Gasteiger partial charge >= 0.3 is 0 Å². The van der Waals surface area contributed by atoms with Crippen LogP contribution in [-0.2, 0) is 0 Å². The molecule has 2 rings (SSSR count). The molecule has 0 amide bonds. The van der Waals surface area contributed by atoms with Gasteiger partial charge in [0.2, 0.25) is 0 Å². The Bertz CT molecular complexity index is 383. The summed E-state index contributed by atoms with van der Waals surface area (Å²) in [4.78, 5) is 2.51. The molecule has 1 atom stereocenters. The Balaban J connectivity index is 2.14. The molecule has 0 aromatic heterocycles. The second kappa shape index (κ2) is 6.95. The van der Waals surface area contributed by atoms with Crippen LogP contribution in [-0.4, -0.2) is 19.6 Å². The highest BCUT2D eigenvalue weighted by Gasteiger charge is 2.22. The summed E-state index contributed by atoms with van der Waals surface area (Å²) in [6, 6.07) is 10.0. The van der Waals surface area contributed by atoms with Crippen LogP contribution in [0.2, 0.25) is 0 Å². The van der Waals surface area contributed by atoms with Crippen molar-refractivity contribution < 1.29 is 0 Å². The van der Waals surface area contributed by atoms with E-state index in [9.17, 15) is 0 Å². The molecule has 1 fully saturated rings. The highest BCUT2D eigenvalue weighted by molar-refractivity contribution is 5.55. The number of nitrogens with zero attached hydrogens (tertiary/aromatic N) is 1. The van der Waals surface area contributed by atoms with E-state index in [0.29, 0.717) is 6.04 Å². The third-order valence-corrected chi connectivity index (χ3v) is 4.36. The molecule has 0 saturated heterocycles. The van der Waals surface area contributed by atoms with Crippen molar-refractivity contribution in [1.82, 2.24) is 5.32 Å². The molecular weight excluding hydrogens is 232 g/mol. The van der Waals surface area contributed by atoms with Crippen molar-refractivity contribution in [2.45, 2.75) is 58.0 Å². The first-order chi connectivity index (χ1) is 9.24. The molecule has 0 aliphatic heterocycles. The molecule has 1 aliphatic carbocycles. The zero-order valence-corrected chi connectivity index (χ0v) is 12.7. The van der Waals surface area contributed by atoms with E-state index in [-0.39, 0.29) is 0 Å². The van der Waals surface area contributed by atoms with Gasteiger partial charge in [-0.2, -0.15) is 0 Å². The fourth-order valence-electron chi connectivity index (χ4n) is 3.13. The highest BCUT2D eigenvalue weighted by Crippen LogP contribution is 2.31. The fraction of sp³-hybridized carbons (Fsp3) is 0.647. The molecule has 1 aromatic rings. The molecule has 1 aliphatic rings. The summed E-state index contributed by atoms with van der Waals surface area (Å²) in [6.07, 6.45) is 6.66. The molecule has 0 radical (unpaired) electrons. The van der Waals surface area contributed by atoms with Gasteiger partial charge in [0.1, 0.15) is 0 Å². The minimum Gasteiger partial charge on any atom is -0.371 e. The minimum atomic E-state index is 0.431. The van der Waals surface area contributed by atoms with E-state index in [1.807, 2.05) is 0 Å². The van der Waals surface area contributed by atoms with Gasteiger partial charge in [-0.3, -0.25) is 0 Å². The monoisotopic (exact) mass is 260 g/mol. The molecule has 1 saturated carbocycles. The molecular formula is C17H28N2. The predicted octanol–water partition coefficient (Wildman–Crippen LogP) is 4.13. The van der Waals surface area contributed by atoms with Gasteiger partial charge in [0.25, 0.3) is 0 Å². The third kappa shape index (κ3) is 3.50. The fourth-order valence-corrected chi connectivity index (χ4v) is 3.13. The lowest BCUT2D eigenvalue weighted by atomic mass is 10.0. The Kier molecular flexibility index (Phi) is 5.26. The average molecular weight is 260 g/mol. The van der Waals surface area contributed by atoms with Crippen molar-refractivity contribution in [3.8, 4) is 0 Å². The maximum absolute atomic E-state index is 3.61. The molecule has 1 unspecified atom stereocenters. The van der Waals surface area contributed by atoms with Crippen LogP contribution in [0.15, 0.2) is 24.3 Å². The topological polar surface area (TPSA) is 15.3 Å². The second-order valence-electron chi connectivity index (χ2n) is 5.78. The first kappa shape index (κ1) is 14.4. The van der Waals surface area contributed by atoms with Crippen molar-refractivity contribution >= 4 is 5.69 Å². The molecule has 106 valence electrons. The smallest absolute Gasteiger partial charge is 0.0414 e. The van der Waals surface area contributed by atoms with Crippen LogP contribution in [0.4, 0.5) is 5.69 Å². The lowest BCUT2D eigenvalue weighted by Gasteiger charge is -2.30. The Morgan fingerprint density at radius 3 is 2.63 bits per heavy atom. The molecule has 1 N–H and O–H groups in total. The SMILES string of the molecule is CCCNC(C)c1ccccc1N(C)C1CCCC1. The van der Waals surface area contributed by atoms with Crippen LogP contribution in [0.3, 0.4) is 0 Å². The van der Waals surface area contributed by atoms with Crippen molar-refractivity contribution in [2.24, 2.45) is 0 Å². The van der Waals surface area contributed by atoms with Crippen molar-refractivity contribution in [3.63, 3.8) is 0 Å². The Morgan fingerprint density at radius 2 is 1.95 bits per heavy atom. The Hall–Kier alpha value is -1.02. The van der Waals surface area contributed by atoms with Gasteiger partial charge in [-0.05, 0) is 44.4 Å². The summed E-state index contributed by atoms with van der Waals surface area (Å²) in [7, 11) is 2.27. The van der Waals surface area contributed by atoms with E-state index in [1.165, 1.54) is 43.4 Å². The van der Waals surface area contributed by atoms with Crippen LogP contribution < -0.4 is 10.2 Å². The molecule has 2 heteroatoms. The second-order valence-corrected chi connectivity index (χ2v) is 5.78. The Labute approximate surface area is 118 Å². The lowest BCUT2D eigenvalue weighted by Crippen LogP contribution is -2.31. The zero-order chi connectivity index (χ0) is 13.7. The summed E-state index contributed by atoms with van der Waals surface area (Å²) in [5.74, 6) is 0. The lowest BCUT2D eigenvalue weighted by molar-refractivity contribution is 0.565. The Morgan fingerprint density at radius 1 is 1.26 bits per heavy atom. The van der Waals surface area contributed by atoms with E-state index in [4.69, 9.17) is 0 Å². The van der Waals surface area contributed by atoms with Gasteiger partial charge in [0, 0.05) is 24.8 Å². The summed E-state index contributed by atoms with van der Waals surface area (Å²) in [5, 5.41) is 3.61. The summed E-state index contributed by atoms with van der Waals surface area (Å²) >= 11 is 0. The van der Waals surface area contributed by atoms with Gasteiger partial charge in [-0.25, -0.2) is 0 Å². The van der Waals surface area contributed by atoms with Gasteiger partial charge in [-0.1, -0.05) is 38.0 Å². The van der Waals surface area contributed by atoms with Crippen LogP contribution >= 0.6 is 0 Å². The molecule has 2 nitrogen and oxygen atoms in total. The van der Waals surface area contributed by atoms with E-state index in [0.717, 1.165) is 12.6 Å². The van der Waals surface area contributed by atoms with Crippen LogP contribution in [0.5, 0.6) is 0 Å². The zero-order valence-electron chi connectivity index (χ0n) is 12.7. The van der Waals surface area contributed by atoms with E-state index in [1.54, 1.807) is 0 Å². The normalized spacial score (nSPS) is 17.6. The van der Waals surface area contributed by atoms with Gasteiger partial charge < -0.3 is 10.2 Å². The summed E-state index contributed by atoms with van der Waals surface area (Å²) in [5.41, 5.74) is 2.84. The van der Waals surface area contributed by atoms with Gasteiger partial charge in [0.15, 0.2) is 0 Å². The van der Waals surface area contributed by atoms with Crippen molar-refractivity contribution in [1.29, 1.82) is 0 Å². The van der Waals surface area contributed by atoms with Crippen LogP contribution in [0, 0.1) is 0 Å². The average Bonchev–Trinajstić information content (AvgIpc) is 2.98. The summed E-state index contributed by atoms with van der Waals surface area (Å²) < 4.78 is 0. The molecule has 1 aromatic carbocycles. The number of hydrogen-bond donors (Lipinski definition) is 1. The molecule has 0 bridgehead atoms. The van der Waals surface area contributed by atoms with Crippen molar-refractivity contribution in [2.75, 3.05) is 18.5 Å². The minimum absolute atomic E-state index is 0.431. The first-order valence-corrected chi connectivity index (χ1v) is 7.79. The van der Waals surface area contributed by atoms with E-state index in [2.05, 4.69) is 55.4 Å². The standard InChI is InChI=1S/C17H28N2/c1-4-13-18-14(2)16-11-7-8-12-17(16)19(3)15-9-5-6-10-15/h7-8,11-12,14-15,18H,4-6,9-10,13H2,1-3H3. The van der Waals surface area contributed by atoms with Crippen molar-refractivity contribution in [3.05, 3.63) is 29.8 Å². The number of hydrogen-bond acceptors (Lipinski definition) is 2. The van der Waals surface area contributed by atoms with Gasteiger partial charge in [-0.15, -0.1) is 0 Å². The van der Waals surface area contributed by atoms with Crippen LogP contribution in [0.25, 0.3) is 0 Å². The maximum atomic E-state index is 3.61. The summed E-state index contributed by atoms with van der Waals surface area (Å²) in [6.45, 7) is 5.58. The third-order valence-electron chi connectivity index (χ3n) is 4.36. The maximum Gasteiger partial charge on any atom is 0.0414 e. The largest absolute Gasteiger partial charge is 0.371 e. The number of anilines is 1. The number of para-hydroxylation sites is 1. The number of nitrogens with one attached hydrogen (secondary N) is 1. The molecule has 0 heterocycles. The quantitative estimate of drug-likeness (QED) is 0.827. The predicted molar refractivity (Wildman–Crippen MR) is 83.8 cm³/mol. The molecule has 0 spiro atoms. The van der Waals surface area contributed by atoms with Gasteiger partial charge in [0.05, 0.1) is 0 Å². The first-order valence-electron chi connectivity index (χ1n) is 7.79. The van der Waals surface area contributed by atoms with Crippen LogP contribution in [0.1, 0.15) is 57.6 Å². The number of benzene rings is 1. The highest BCUT2D eigenvalue weighted by atomic mass is 15.1. The number of rotatable bonds is 6. The molecule has 19 heavy (non-hydrogen) atoms.